The highest BCUT2D eigenvalue weighted by molar-refractivity contribution is 6.04. The first-order chi connectivity index (χ1) is 11.0. The van der Waals surface area contributed by atoms with Crippen molar-refractivity contribution in [3.63, 3.8) is 0 Å². The fraction of sp³-hybridized carbons (Fsp3) is 0.471. The summed E-state index contributed by atoms with van der Waals surface area (Å²) in [6, 6.07) is 3.90. The van der Waals surface area contributed by atoms with Crippen molar-refractivity contribution in [2.75, 3.05) is 31.9 Å². The number of likely N-dealkylation sites (N-methyl/N-ethyl adjacent to an activating group) is 1. The van der Waals surface area contributed by atoms with Crippen molar-refractivity contribution >= 4 is 22.5 Å². The molecule has 0 radical (unpaired) electrons. The molecular weight excluding hydrogens is 290 g/mol. The van der Waals surface area contributed by atoms with Crippen molar-refractivity contribution in [3.05, 3.63) is 29.0 Å². The Labute approximate surface area is 137 Å². The maximum Gasteiger partial charge on any atom is 0.274 e. The number of carbonyl (C=O) groups excluding carboxylic acids is 1. The highest BCUT2D eigenvalue weighted by Gasteiger charge is 2.16. The predicted octanol–water partition coefficient (Wildman–Crippen LogP) is 1.90. The van der Waals surface area contributed by atoms with Crippen molar-refractivity contribution in [1.82, 2.24) is 20.4 Å². The number of hydrogen-bond acceptors (Lipinski definition) is 5. The molecule has 0 spiro atoms. The second-order valence-electron chi connectivity index (χ2n) is 5.70. The van der Waals surface area contributed by atoms with Crippen LogP contribution in [0.15, 0.2) is 12.1 Å². The summed E-state index contributed by atoms with van der Waals surface area (Å²) in [5.41, 5.74) is 9.69. The molecule has 0 atom stereocenters. The Hall–Kier alpha value is -2.21. The minimum absolute atomic E-state index is 0.195. The molecule has 0 saturated carbocycles. The summed E-state index contributed by atoms with van der Waals surface area (Å²) >= 11 is 0. The summed E-state index contributed by atoms with van der Waals surface area (Å²) in [6.45, 7) is 11.5. The number of nitrogens with one attached hydrogen (secondary N) is 1. The lowest BCUT2D eigenvalue weighted by atomic mass is 10.0. The van der Waals surface area contributed by atoms with Crippen molar-refractivity contribution in [1.29, 1.82) is 0 Å². The van der Waals surface area contributed by atoms with Gasteiger partial charge < -0.3 is 16.0 Å². The van der Waals surface area contributed by atoms with Crippen molar-refractivity contribution < 1.29 is 4.79 Å². The molecule has 124 valence electrons. The van der Waals surface area contributed by atoms with Gasteiger partial charge >= 0.3 is 0 Å². The largest absolute Gasteiger partial charge is 0.396 e. The van der Waals surface area contributed by atoms with E-state index in [-0.39, 0.29) is 11.6 Å². The van der Waals surface area contributed by atoms with Crippen molar-refractivity contribution in [3.8, 4) is 0 Å². The zero-order valence-corrected chi connectivity index (χ0v) is 14.3. The van der Waals surface area contributed by atoms with Gasteiger partial charge in [-0.05, 0) is 50.2 Å². The van der Waals surface area contributed by atoms with Gasteiger partial charge in [-0.15, -0.1) is 10.2 Å². The number of carbonyl (C=O) groups is 1. The van der Waals surface area contributed by atoms with Crippen LogP contribution >= 0.6 is 0 Å². The Morgan fingerprint density at radius 2 is 1.83 bits per heavy atom. The summed E-state index contributed by atoms with van der Waals surface area (Å²) in [7, 11) is 0. The average Bonchev–Trinajstić information content (AvgIpc) is 2.53. The van der Waals surface area contributed by atoms with Crippen LogP contribution in [0.25, 0.3) is 10.9 Å². The molecule has 1 aromatic carbocycles. The van der Waals surface area contributed by atoms with Crippen molar-refractivity contribution in [2.24, 2.45) is 0 Å². The van der Waals surface area contributed by atoms with E-state index in [9.17, 15) is 4.79 Å². The van der Waals surface area contributed by atoms with E-state index in [0.29, 0.717) is 17.7 Å². The highest BCUT2D eigenvalue weighted by atomic mass is 16.1. The number of benzene rings is 1. The first-order valence-corrected chi connectivity index (χ1v) is 8.01. The van der Waals surface area contributed by atoms with E-state index in [1.54, 1.807) is 0 Å². The lowest BCUT2D eigenvalue weighted by molar-refractivity contribution is 0.0944. The van der Waals surface area contributed by atoms with Crippen LogP contribution in [-0.2, 0) is 0 Å². The van der Waals surface area contributed by atoms with Crippen LogP contribution in [0.2, 0.25) is 0 Å². The molecule has 1 aromatic heterocycles. The minimum atomic E-state index is -0.276. The Kier molecular flexibility index (Phi) is 5.50. The summed E-state index contributed by atoms with van der Waals surface area (Å²) in [5.74, 6) is -0.276. The van der Waals surface area contributed by atoms with Gasteiger partial charge in [0, 0.05) is 18.5 Å². The molecule has 1 heterocycles. The molecule has 0 aliphatic heterocycles. The van der Waals surface area contributed by atoms with Crippen LogP contribution in [0.3, 0.4) is 0 Å². The van der Waals surface area contributed by atoms with Crippen LogP contribution in [-0.4, -0.2) is 47.2 Å². The van der Waals surface area contributed by atoms with Crippen LogP contribution in [0.5, 0.6) is 0 Å². The molecule has 6 heteroatoms. The lowest BCUT2D eigenvalue weighted by Crippen LogP contribution is -2.35. The molecule has 6 nitrogen and oxygen atoms in total. The monoisotopic (exact) mass is 315 g/mol. The third kappa shape index (κ3) is 3.76. The molecule has 0 aliphatic carbocycles. The molecule has 1 amide bonds. The van der Waals surface area contributed by atoms with Gasteiger partial charge in [0.1, 0.15) is 0 Å². The number of amides is 1. The zero-order chi connectivity index (χ0) is 17.0. The van der Waals surface area contributed by atoms with E-state index in [1.165, 1.54) is 0 Å². The Bertz CT molecular complexity index is 710. The molecule has 23 heavy (non-hydrogen) atoms. The van der Waals surface area contributed by atoms with Gasteiger partial charge in [0.25, 0.3) is 5.91 Å². The molecule has 3 N–H and O–H groups in total. The quantitative estimate of drug-likeness (QED) is 0.850. The molecule has 0 fully saturated rings. The summed E-state index contributed by atoms with van der Waals surface area (Å²) in [5, 5.41) is 11.8. The minimum Gasteiger partial charge on any atom is -0.396 e. The maximum absolute atomic E-state index is 12.3. The maximum atomic E-state index is 12.3. The number of hydrogen-bond donors (Lipinski definition) is 2. The number of nitrogens with zero attached hydrogens (tertiary/aromatic N) is 3. The summed E-state index contributed by atoms with van der Waals surface area (Å²) in [6.07, 6.45) is 0. The molecule has 0 bridgehead atoms. The van der Waals surface area contributed by atoms with Gasteiger partial charge in [-0.2, -0.15) is 0 Å². The standard InChI is InChI=1S/C17H25N5O/c1-5-22(6-2)8-7-19-17(23)16-15(18)13-9-11(3)12(4)10-14(13)20-21-16/h9-10H,5-8H2,1-4H3,(H2,18,20)(H,19,23). The summed E-state index contributed by atoms with van der Waals surface area (Å²) in [4.78, 5) is 14.5. The molecule has 2 aromatic rings. The van der Waals surface area contributed by atoms with Crippen LogP contribution in [0, 0.1) is 13.8 Å². The van der Waals surface area contributed by atoms with Crippen LogP contribution in [0.4, 0.5) is 5.69 Å². The van der Waals surface area contributed by atoms with Gasteiger partial charge in [0.05, 0.1) is 11.2 Å². The molecular formula is C17H25N5O. The summed E-state index contributed by atoms with van der Waals surface area (Å²) < 4.78 is 0. The number of rotatable bonds is 6. The van der Waals surface area contributed by atoms with Gasteiger partial charge in [0.15, 0.2) is 5.69 Å². The smallest absolute Gasteiger partial charge is 0.274 e. The van der Waals surface area contributed by atoms with Gasteiger partial charge in [0.2, 0.25) is 0 Å². The Balaban J connectivity index is 2.18. The molecule has 0 aliphatic rings. The number of fused-ring (bicyclic) bond motifs is 1. The van der Waals surface area contributed by atoms with E-state index in [4.69, 9.17) is 5.73 Å². The number of nitrogen functional groups attached to an aromatic ring is 1. The van der Waals surface area contributed by atoms with Gasteiger partial charge in [-0.3, -0.25) is 4.79 Å². The number of nitrogens with two attached hydrogens (primary N) is 1. The SMILES string of the molecule is CCN(CC)CCNC(=O)c1nnc2cc(C)c(C)cc2c1N. The Morgan fingerprint density at radius 1 is 1.17 bits per heavy atom. The van der Waals surface area contributed by atoms with Crippen LogP contribution < -0.4 is 11.1 Å². The lowest BCUT2D eigenvalue weighted by Gasteiger charge is -2.18. The normalized spacial score (nSPS) is 11.2. The second-order valence-corrected chi connectivity index (χ2v) is 5.70. The predicted molar refractivity (Wildman–Crippen MR) is 93.5 cm³/mol. The fourth-order valence-electron chi connectivity index (χ4n) is 2.50. The Morgan fingerprint density at radius 3 is 2.48 bits per heavy atom. The average molecular weight is 315 g/mol. The van der Waals surface area contributed by atoms with Gasteiger partial charge in [-0.1, -0.05) is 13.8 Å². The van der Waals surface area contributed by atoms with E-state index >= 15 is 0 Å². The molecule has 0 unspecified atom stereocenters. The first kappa shape index (κ1) is 17.1. The fourth-order valence-corrected chi connectivity index (χ4v) is 2.50. The molecule has 2 rings (SSSR count). The third-order valence-electron chi connectivity index (χ3n) is 4.24. The van der Waals surface area contributed by atoms with E-state index in [2.05, 4.69) is 34.3 Å². The first-order valence-electron chi connectivity index (χ1n) is 8.01. The highest BCUT2D eigenvalue weighted by Crippen LogP contribution is 2.24. The van der Waals surface area contributed by atoms with Crippen molar-refractivity contribution in [2.45, 2.75) is 27.7 Å². The zero-order valence-electron chi connectivity index (χ0n) is 14.3. The van der Waals surface area contributed by atoms with Crippen LogP contribution in [0.1, 0.15) is 35.5 Å². The number of aryl methyl sites for hydroxylation is 2. The number of anilines is 1. The third-order valence-corrected chi connectivity index (χ3v) is 4.24. The second kappa shape index (κ2) is 7.37. The molecule has 0 saturated heterocycles. The topological polar surface area (TPSA) is 84.1 Å². The van der Waals surface area contributed by atoms with E-state index in [0.717, 1.165) is 36.1 Å². The number of aromatic nitrogens is 2. The van der Waals surface area contributed by atoms with Gasteiger partial charge in [-0.25, -0.2) is 0 Å². The van der Waals surface area contributed by atoms with E-state index < -0.39 is 0 Å². The van der Waals surface area contributed by atoms with E-state index in [1.807, 2.05) is 26.0 Å².